The van der Waals surface area contributed by atoms with Crippen LogP contribution >= 0.6 is 0 Å². The molecule has 1 saturated carbocycles. The van der Waals surface area contributed by atoms with Gasteiger partial charge < -0.3 is 4.90 Å². The van der Waals surface area contributed by atoms with Crippen molar-refractivity contribution < 1.29 is 0 Å². The SMILES string of the molecule is Cc1cc(N2CC3CCCC3C2)ncn1. The summed E-state index contributed by atoms with van der Waals surface area (Å²) in [6.45, 7) is 4.45. The van der Waals surface area contributed by atoms with Crippen molar-refractivity contribution in [1.29, 1.82) is 0 Å². The number of aromatic nitrogens is 2. The Labute approximate surface area is 90.5 Å². The zero-order valence-electron chi connectivity index (χ0n) is 9.19. The highest BCUT2D eigenvalue weighted by Gasteiger charge is 2.36. The minimum Gasteiger partial charge on any atom is -0.356 e. The van der Waals surface area contributed by atoms with Crippen LogP contribution in [0.4, 0.5) is 5.82 Å². The van der Waals surface area contributed by atoms with Crippen molar-refractivity contribution in [2.45, 2.75) is 26.2 Å². The van der Waals surface area contributed by atoms with E-state index in [2.05, 4.69) is 20.9 Å². The van der Waals surface area contributed by atoms with Gasteiger partial charge in [-0.1, -0.05) is 6.42 Å². The van der Waals surface area contributed by atoms with Crippen molar-refractivity contribution >= 4 is 5.82 Å². The third kappa shape index (κ3) is 1.60. The van der Waals surface area contributed by atoms with E-state index in [0.717, 1.165) is 23.3 Å². The molecule has 0 amide bonds. The van der Waals surface area contributed by atoms with E-state index in [1.54, 1.807) is 6.33 Å². The molecule has 2 atom stereocenters. The Morgan fingerprint density at radius 3 is 2.60 bits per heavy atom. The maximum Gasteiger partial charge on any atom is 0.132 e. The van der Waals surface area contributed by atoms with Crippen molar-refractivity contribution in [3.05, 3.63) is 18.1 Å². The second-order valence-electron chi connectivity index (χ2n) is 4.87. The van der Waals surface area contributed by atoms with E-state index in [4.69, 9.17) is 0 Å². The fourth-order valence-corrected chi connectivity index (χ4v) is 3.04. The number of rotatable bonds is 1. The molecule has 15 heavy (non-hydrogen) atoms. The van der Waals surface area contributed by atoms with Crippen molar-refractivity contribution in [2.75, 3.05) is 18.0 Å². The Balaban J connectivity index is 1.79. The molecular formula is C12H17N3. The van der Waals surface area contributed by atoms with Gasteiger partial charge in [-0.2, -0.15) is 0 Å². The first-order chi connectivity index (χ1) is 7.33. The average Bonchev–Trinajstić information content (AvgIpc) is 2.76. The van der Waals surface area contributed by atoms with Crippen molar-refractivity contribution in [3.63, 3.8) is 0 Å². The van der Waals surface area contributed by atoms with Crippen LogP contribution in [0.25, 0.3) is 0 Å². The molecule has 1 aliphatic carbocycles. The van der Waals surface area contributed by atoms with E-state index in [9.17, 15) is 0 Å². The molecule has 1 aromatic rings. The van der Waals surface area contributed by atoms with E-state index in [1.807, 2.05) is 6.92 Å². The molecule has 3 heteroatoms. The van der Waals surface area contributed by atoms with E-state index in [1.165, 1.54) is 32.4 Å². The number of hydrogen-bond acceptors (Lipinski definition) is 3. The Morgan fingerprint density at radius 2 is 1.93 bits per heavy atom. The molecule has 2 fully saturated rings. The van der Waals surface area contributed by atoms with Gasteiger partial charge in [0, 0.05) is 24.8 Å². The molecule has 0 bridgehead atoms. The molecule has 0 radical (unpaired) electrons. The lowest BCUT2D eigenvalue weighted by molar-refractivity contribution is 0.494. The summed E-state index contributed by atoms with van der Waals surface area (Å²) in [6.07, 6.45) is 5.96. The number of hydrogen-bond donors (Lipinski definition) is 0. The van der Waals surface area contributed by atoms with Gasteiger partial charge in [-0.05, 0) is 31.6 Å². The van der Waals surface area contributed by atoms with Crippen LogP contribution in [-0.4, -0.2) is 23.1 Å². The first-order valence-corrected chi connectivity index (χ1v) is 5.86. The summed E-state index contributed by atoms with van der Waals surface area (Å²) < 4.78 is 0. The van der Waals surface area contributed by atoms with Crippen molar-refractivity contribution in [3.8, 4) is 0 Å². The van der Waals surface area contributed by atoms with Crippen LogP contribution < -0.4 is 4.90 Å². The number of aryl methyl sites for hydroxylation is 1. The van der Waals surface area contributed by atoms with E-state index < -0.39 is 0 Å². The van der Waals surface area contributed by atoms with Gasteiger partial charge in [0.1, 0.15) is 12.1 Å². The first kappa shape index (κ1) is 9.13. The summed E-state index contributed by atoms with van der Waals surface area (Å²) in [6, 6.07) is 2.10. The normalized spacial score (nSPS) is 29.5. The van der Waals surface area contributed by atoms with E-state index in [0.29, 0.717) is 0 Å². The summed E-state index contributed by atoms with van der Waals surface area (Å²) in [5, 5.41) is 0. The second-order valence-corrected chi connectivity index (χ2v) is 4.87. The Bertz CT molecular complexity index is 352. The predicted octanol–water partition coefficient (Wildman–Crippen LogP) is 2.02. The van der Waals surface area contributed by atoms with Crippen LogP contribution in [0, 0.1) is 18.8 Å². The van der Waals surface area contributed by atoms with Gasteiger partial charge in [-0.25, -0.2) is 9.97 Å². The van der Waals surface area contributed by atoms with Crippen molar-refractivity contribution in [2.24, 2.45) is 11.8 Å². The third-order valence-electron chi connectivity index (χ3n) is 3.84. The number of anilines is 1. The lowest BCUT2D eigenvalue weighted by Gasteiger charge is -2.18. The molecule has 2 unspecified atom stereocenters. The second kappa shape index (κ2) is 3.47. The fourth-order valence-electron chi connectivity index (χ4n) is 3.04. The minimum absolute atomic E-state index is 0.931. The molecule has 3 nitrogen and oxygen atoms in total. The highest BCUT2D eigenvalue weighted by molar-refractivity contribution is 5.40. The molecule has 2 aliphatic rings. The summed E-state index contributed by atoms with van der Waals surface area (Å²) >= 11 is 0. The molecular weight excluding hydrogens is 186 g/mol. The molecule has 1 aromatic heterocycles. The molecule has 0 spiro atoms. The lowest BCUT2D eigenvalue weighted by Crippen LogP contribution is -2.21. The predicted molar refractivity (Wildman–Crippen MR) is 59.8 cm³/mol. The fraction of sp³-hybridized carbons (Fsp3) is 0.667. The molecule has 1 aliphatic heterocycles. The maximum absolute atomic E-state index is 4.36. The quantitative estimate of drug-likeness (QED) is 0.699. The topological polar surface area (TPSA) is 29.0 Å². The zero-order valence-corrected chi connectivity index (χ0v) is 9.19. The molecule has 0 N–H and O–H groups in total. The smallest absolute Gasteiger partial charge is 0.132 e. The van der Waals surface area contributed by atoms with Crippen LogP contribution in [0.2, 0.25) is 0 Å². The molecule has 1 saturated heterocycles. The Kier molecular flexibility index (Phi) is 2.11. The highest BCUT2D eigenvalue weighted by atomic mass is 15.2. The van der Waals surface area contributed by atoms with Crippen molar-refractivity contribution in [1.82, 2.24) is 9.97 Å². The number of fused-ring (bicyclic) bond motifs is 1. The molecule has 80 valence electrons. The number of nitrogens with zero attached hydrogens (tertiary/aromatic N) is 3. The highest BCUT2D eigenvalue weighted by Crippen LogP contribution is 2.38. The van der Waals surface area contributed by atoms with Gasteiger partial charge in [-0.15, -0.1) is 0 Å². The summed E-state index contributed by atoms with van der Waals surface area (Å²) in [5.41, 5.74) is 1.07. The van der Waals surface area contributed by atoms with Crippen LogP contribution in [0.1, 0.15) is 25.0 Å². The van der Waals surface area contributed by atoms with E-state index in [-0.39, 0.29) is 0 Å². The molecule has 0 aromatic carbocycles. The maximum atomic E-state index is 4.36. The van der Waals surface area contributed by atoms with E-state index >= 15 is 0 Å². The summed E-state index contributed by atoms with van der Waals surface area (Å²) in [5.74, 6) is 2.98. The largest absolute Gasteiger partial charge is 0.356 e. The van der Waals surface area contributed by atoms with Crippen LogP contribution in [0.5, 0.6) is 0 Å². The van der Waals surface area contributed by atoms with Gasteiger partial charge in [0.25, 0.3) is 0 Å². The van der Waals surface area contributed by atoms with Gasteiger partial charge >= 0.3 is 0 Å². The molecule has 3 rings (SSSR count). The monoisotopic (exact) mass is 203 g/mol. The first-order valence-electron chi connectivity index (χ1n) is 5.86. The molecule has 2 heterocycles. The van der Waals surface area contributed by atoms with Gasteiger partial charge in [0.2, 0.25) is 0 Å². The third-order valence-corrected chi connectivity index (χ3v) is 3.84. The standard InChI is InChI=1S/C12H17N3/c1-9-5-12(14-8-13-9)15-6-10-3-2-4-11(10)7-15/h5,8,10-11H,2-4,6-7H2,1H3. The Morgan fingerprint density at radius 1 is 1.20 bits per heavy atom. The zero-order chi connectivity index (χ0) is 10.3. The van der Waals surface area contributed by atoms with Gasteiger partial charge in [-0.3, -0.25) is 0 Å². The van der Waals surface area contributed by atoms with Gasteiger partial charge in [0.15, 0.2) is 0 Å². The minimum atomic E-state index is 0.931. The van der Waals surface area contributed by atoms with Crippen LogP contribution in [-0.2, 0) is 0 Å². The van der Waals surface area contributed by atoms with Gasteiger partial charge in [0.05, 0.1) is 0 Å². The lowest BCUT2D eigenvalue weighted by atomic mass is 10.0. The van der Waals surface area contributed by atoms with Crippen LogP contribution in [0.3, 0.4) is 0 Å². The summed E-state index contributed by atoms with van der Waals surface area (Å²) in [4.78, 5) is 10.9. The van der Waals surface area contributed by atoms with Crippen LogP contribution in [0.15, 0.2) is 12.4 Å². The summed E-state index contributed by atoms with van der Waals surface area (Å²) in [7, 11) is 0. The Hall–Kier alpha value is -1.12. The average molecular weight is 203 g/mol.